The molecule has 0 saturated carbocycles. The Labute approximate surface area is 111 Å². The molecule has 0 aliphatic rings. The summed E-state index contributed by atoms with van der Waals surface area (Å²) < 4.78 is 5.31. The highest BCUT2D eigenvalue weighted by atomic mass is 32.2. The van der Waals surface area contributed by atoms with Gasteiger partial charge in [-0.05, 0) is 26.0 Å². The van der Waals surface area contributed by atoms with Gasteiger partial charge < -0.3 is 10.5 Å². The molecular formula is C12H18N2O3S. The van der Waals surface area contributed by atoms with Crippen molar-refractivity contribution in [1.82, 2.24) is 0 Å². The van der Waals surface area contributed by atoms with E-state index in [1.165, 1.54) is 12.1 Å². The lowest BCUT2D eigenvalue weighted by Crippen LogP contribution is -2.46. The van der Waals surface area contributed by atoms with Crippen LogP contribution in [0.15, 0.2) is 29.2 Å². The van der Waals surface area contributed by atoms with Crippen LogP contribution in [0, 0.1) is 10.1 Å². The normalized spacial score (nSPS) is 13.3. The minimum Gasteiger partial charge on any atom is -0.377 e. The third-order valence-corrected chi connectivity index (χ3v) is 4.03. The van der Waals surface area contributed by atoms with Crippen LogP contribution in [0.25, 0.3) is 0 Å². The third kappa shape index (κ3) is 3.97. The summed E-state index contributed by atoms with van der Waals surface area (Å²) in [4.78, 5) is 11.1. The van der Waals surface area contributed by atoms with Gasteiger partial charge in [0.05, 0.1) is 10.5 Å². The Bertz CT molecular complexity index is 406. The number of nitro groups is 1. The topological polar surface area (TPSA) is 78.4 Å². The van der Waals surface area contributed by atoms with Crippen LogP contribution in [0.3, 0.4) is 0 Å². The van der Waals surface area contributed by atoms with Gasteiger partial charge in [0.1, 0.15) is 0 Å². The van der Waals surface area contributed by atoms with E-state index in [9.17, 15) is 10.1 Å². The first-order chi connectivity index (χ1) is 8.36. The van der Waals surface area contributed by atoms with Crippen LogP contribution in [0.2, 0.25) is 0 Å². The summed E-state index contributed by atoms with van der Waals surface area (Å²) in [5.41, 5.74) is 5.75. The molecule has 0 radical (unpaired) electrons. The lowest BCUT2D eigenvalue weighted by molar-refractivity contribution is -0.384. The molecule has 0 aliphatic heterocycles. The summed E-state index contributed by atoms with van der Waals surface area (Å²) in [6.07, 6.45) is 0. The molecule has 6 heteroatoms. The number of methoxy groups -OCH3 is 1. The highest BCUT2D eigenvalue weighted by molar-refractivity contribution is 7.99. The zero-order chi connectivity index (χ0) is 13.8. The maximum absolute atomic E-state index is 10.5. The van der Waals surface area contributed by atoms with Crippen LogP contribution >= 0.6 is 11.8 Å². The fourth-order valence-corrected chi connectivity index (χ4v) is 2.30. The van der Waals surface area contributed by atoms with E-state index >= 15 is 0 Å². The van der Waals surface area contributed by atoms with Crippen molar-refractivity contribution in [2.75, 3.05) is 12.9 Å². The average molecular weight is 270 g/mol. The Morgan fingerprint density at radius 2 is 2.00 bits per heavy atom. The Hall–Kier alpha value is -1.11. The average Bonchev–Trinajstić information content (AvgIpc) is 2.36. The standard InChI is InChI=1S/C12H18N2O3S/c1-12(2,17-3)11(13)8-18-10-6-4-9(5-7-10)14(15)16/h4-7,11H,8,13H2,1-3H3. The Kier molecular flexibility index (Phi) is 5.13. The molecular weight excluding hydrogens is 252 g/mol. The van der Waals surface area contributed by atoms with Gasteiger partial charge in [-0.3, -0.25) is 10.1 Å². The predicted molar refractivity (Wildman–Crippen MR) is 72.9 cm³/mol. The summed E-state index contributed by atoms with van der Waals surface area (Å²) >= 11 is 1.56. The number of ether oxygens (including phenoxy) is 1. The molecule has 1 aromatic rings. The zero-order valence-corrected chi connectivity index (χ0v) is 11.6. The quantitative estimate of drug-likeness (QED) is 0.488. The van der Waals surface area contributed by atoms with Crippen LogP contribution in [0.1, 0.15) is 13.8 Å². The van der Waals surface area contributed by atoms with Gasteiger partial charge in [-0.15, -0.1) is 11.8 Å². The molecule has 1 atom stereocenters. The van der Waals surface area contributed by atoms with Crippen LogP contribution in [0.5, 0.6) is 0 Å². The molecule has 0 heterocycles. The minimum absolute atomic E-state index is 0.0980. The van der Waals surface area contributed by atoms with Gasteiger partial charge >= 0.3 is 0 Å². The molecule has 0 bridgehead atoms. The molecule has 2 N–H and O–H groups in total. The zero-order valence-electron chi connectivity index (χ0n) is 10.8. The van der Waals surface area contributed by atoms with E-state index in [1.807, 2.05) is 13.8 Å². The van der Waals surface area contributed by atoms with Crippen molar-refractivity contribution >= 4 is 17.4 Å². The van der Waals surface area contributed by atoms with Crippen molar-refractivity contribution in [2.45, 2.75) is 30.4 Å². The number of nitro benzene ring substituents is 1. The van der Waals surface area contributed by atoms with Gasteiger partial charge in [0, 0.05) is 35.9 Å². The van der Waals surface area contributed by atoms with E-state index in [0.717, 1.165) is 4.90 Å². The van der Waals surface area contributed by atoms with Gasteiger partial charge in [-0.25, -0.2) is 0 Å². The Balaban J connectivity index is 2.56. The van der Waals surface area contributed by atoms with Gasteiger partial charge in [-0.2, -0.15) is 0 Å². The van der Waals surface area contributed by atoms with E-state index in [4.69, 9.17) is 10.5 Å². The molecule has 5 nitrogen and oxygen atoms in total. The fourth-order valence-electron chi connectivity index (χ4n) is 1.20. The lowest BCUT2D eigenvalue weighted by Gasteiger charge is -2.29. The maximum Gasteiger partial charge on any atom is 0.269 e. The van der Waals surface area contributed by atoms with Gasteiger partial charge in [0.15, 0.2) is 0 Å². The molecule has 0 saturated heterocycles. The lowest BCUT2D eigenvalue weighted by atomic mass is 10.0. The predicted octanol–water partition coefficient (Wildman–Crippen LogP) is 2.44. The molecule has 1 unspecified atom stereocenters. The van der Waals surface area contributed by atoms with Crippen molar-refractivity contribution < 1.29 is 9.66 Å². The Morgan fingerprint density at radius 3 is 2.44 bits per heavy atom. The molecule has 100 valence electrons. The van der Waals surface area contributed by atoms with E-state index < -0.39 is 4.92 Å². The smallest absolute Gasteiger partial charge is 0.269 e. The second-order valence-electron chi connectivity index (χ2n) is 4.48. The molecule has 18 heavy (non-hydrogen) atoms. The van der Waals surface area contributed by atoms with Gasteiger partial charge in [-0.1, -0.05) is 0 Å². The summed E-state index contributed by atoms with van der Waals surface area (Å²) in [6.45, 7) is 3.88. The first-order valence-corrected chi connectivity index (χ1v) is 6.53. The second-order valence-corrected chi connectivity index (χ2v) is 5.57. The summed E-state index contributed by atoms with van der Waals surface area (Å²) in [5, 5.41) is 10.5. The van der Waals surface area contributed by atoms with Crippen LogP contribution in [-0.2, 0) is 4.74 Å². The largest absolute Gasteiger partial charge is 0.377 e. The number of benzene rings is 1. The number of nitrogens with two attached hydrogens (primary N) is 1. The van der Waals surface area contributed by atoms with E-state index in [1.54, 1.807) is 31.0 Å². The van der Waals surface area contributed by atoms with Crippen molar-refractivity contribution in [3.8, 4) is 0 Å². The monoisotopic (exact) mass is 270 g/mol. The number of rotatable bonds is 6. The number of thioether (sulfide) groups is 1. The third-order valence-electron chi connectivity index (χ3n) is 2.90. The number of non-ortho nitro benzene ring substituents is 1. The maximum atomic E-state index is 10.5. The molecule has 0 aromatic heterocycles. The summed E-state index contributed by atoms with van der Waals surface area (Å²) in [6, 6.07) is 6.35. The van der Waals surface area contributed by atoms with Crippen molar-refractivity contribution in [3.63, 3.8) is 0 Å². The summed E-state index contributed by atoms with van der Waals surface area (Å²) in [7, 11) is 1.64. The fraction of sp³-hybridized carbons (Fsp3) is 0.500. The van der Waals surface area contributed by atoms with E-state index in [2.05, 4.69) is 0 Å². The molecule has 0 amide bonds. The van der Waals surface area contributed by atoms with Crippen LogP contribution in [-0.4, -0.2) is 29.4 Å². The summed E-state index contributed by atoms with van der Waals surface area (Å²) in [5.74, 6) is 0.693. The van der Waals surface area contributed by atoms with E-state index in [0.29, 0.717) is 5.75 Å². The minimum atomic E-state index is -0.409. The second kappa shape index (κ2) is 6.17. The molecule has 1 aromatic carbocycles. The highest BCUT2D eigenvalue weighted by Crippen LogP contribution is 2.24. The van der Waals surface area contributed by atoms with E-state index in [-0.39, 0.29) is 17.3 Å². The number of hydrogen-bond acceptors (Lipinski definition) is 5. The first kappa shape index (κ1) is 14.9. The van der Waals surface area contributed by atoms with Crippen molar-refractivity contribution in [1.29, 1.82) is 0 Å². The van der Waals surface area contributed by atoms with Crippen molar-refractivity contribution in [2.24, 2.45) is 5.73 Å². The number of nitrogens with zero attached hydrogens (tertiary/aromatic N) is 1. The number of hydrogen-bond donors (Lipinski definition) is 1. The van der Waals surface area contributed by atoms with Gasteiger partial charge in [0.25, 0.3) is 5.69 Å². The molecule has 0 aliphatic carbocycles. The first-order valence-electron chi connectivity index (χ1n) is 5.55. The van der Waals surface area contributed by atoms with Crippen LogP contribution in [0.4, 0.5) is 5.69 Å². The molecule has 0 fully saturated rings. The van der Waals surface area contributed by atoms with Gasteiger partial charge in [0.2, 0.25) is 0 Å². The Morgan fingerprint density at radius 1 is 1.44 bits per heavy atom. The highest BCUT2D eigenvalue weighted by Gasteiger charge is 2.25. The molecule has 1 rings (SSSR count). The van der Waals surface area contributed by atoms with Crippen molar-refractivity contribution in [3.05, 3.63) is 34.4 Å². The molecule has 0 spiro atoms. The SMILES string of the molecule is COC(C)(C)C(N)CSc1ccc([N+](=O)[O-])cc1. The van der Waals surface area contributed by atoms with Crippen LogP contribution < -0.4 is 5.73 Å².